The van der Waals surface area contributed by atoms with Crippen LogP contribution in [0.2, 0.25) is 0 Å². The van der Waals surface area contributed by atoms with Crippen molar-refractivity contribution in [2.24, 2.45) is 0 Å². The second kappa shape index (κ2) is 6.03. The minimum absolute atomic E-state index is 0.266. The predicted molar refractivity (Wildman–Crippen MR) is 65.7 cm³/mol. The van der Waals surface area contributed by atoms with Gasteiger partial charge in [0.15, 0.2) is 6.10 Å². The zero-order valence-electron chi connectivity index (χ0n) is 10.3. The topological polar surface area (TPSA) is 55.4 Å². The summed E-state index contributed by atoms with van der Waals surface area (Å²) < 4.78 is 4.91. The molecule has 0 aliphatic rings. The maximum absolute atomic E-state index is 11.7. The van der Waals surface area contributed by atoms with Gasteiger partial charge in [-0.05, 0) is 26.0 Å². The summed E-state index contributed by atoms with van der Waals surface area (Å²) in [7, 11) is 0. The fraction of sp³-hybridized carbons (Fsp3) is 0.385. The molecule has 0 aliphatic heterocycles. The minimum atomic E-state index is -0.774. The average Bonchev–Trinajstić information content (AvgIpc) is 2.31. The molecular weight excluding hydrogens is 218 g/mol. The van der Waals surface area contributed by atoms with Crippen LogP contribution in [0.25, 0.3) is 0 Å². The van der Waals surface area contributed by atoms with Gasteiger partial charge in [0.1, 0.15) is 0 Å². The Morgan fingerprint density at radius 3 is 2.41 bits per heavy atom. The lowest BCUT2D eigenvalue weighted by atomic mass is 10.2. The Balaban J connectivity index is 2.54. The van der Waals surface area contributed by atoms with Gasteiger partial charge in [0, 0.05) is 12.1 Å². The van der Waals surface area contributed by atoms with Crippen molar-refractivity contribution in [1.29, 1.82) is 0 Å². The second-order valence-electron chi connectivity index (χ2n) is 3.84. The van der Waals surface area contributed by atoms with Gasteiger partial charge in [0.05, 0.1) is 0 Å². The van der Waals surface area contributed by atoms with Gasteiger partial charge in [-0.1, -0.05) is 24.6 Å². The van der Waals surface area contributed by atoms with E-state index in [-0.39, 0.29) is 18.3 Å². The maximum atomic E-state index is 11.7. The fourth-order valence-corrected chi connectivity index (χ4v) is 1.21. The quantitative estimate of drug-likeness (QED) is 0.814. The van der Waals surface area contributed by atoms with Crippen molar-refractivity contribution in [2.45, 2.75) is 33.3 Å². The fourth-order valence-electron chi connectivity index (χ4n) is 1.21. The van der Waals surface area contributed by atoms with Crippen LogP contribution in [0.4, 0.5) is 5.69 Å². The smallest absolute Gasteiger partial charge is 0.306 e. The molecule has 4 heteroatoms. The molecule has 0 fully saturated rings. The Labute approximate surface area is 101 Å². The van der Waals surface area contributed by atoms with Gasteiger partial charge in [-0.3, -0.25) is 9.59 Å². The SMILES string of the molecule is CCC(=O)O[C@H](C)C(=O)Nc1ccc(C)cc1. The first-order valence-corrected chi connectivity index (χ1v) is 5.60. The van der Waals surface area contributed by atoms with Gasteiger partial charge >= 0.3 is 5.97 Å². The molecule has 1 amide bonds. The Morgan fingerprint density at radius 1 is 1.29 bits per heavy atom. The number of benzene rings is 1. The van der Waals surface area contributed by atoms with Crippen LogP contribution in [0.5, 0.6) is 0 Å². The highest BCUT2D eigenvalue weighted by Gasteiger charge is 2.16. The third-order valence-corrected chi connectivity index (χ3v) is 2.29. The molecule has 0 aliphatic carbocycles. The molecule has 1 atom stereocenters. The lowest BCUT2D eigenvalue weighted by molar-refractivity contribution is -0.152. The van der Waals surface area contributed by atoms with Crippen LogP contribution in [0, 0.1) is 6.92 Å². The molecule has 17 heavy (non-hydrogen) atoms. The van der Waals surface area contributed by atoms with Crippen molar-refractivity contribution in [3.05, 3.63) is 29.8 Å². The zero-order valence-corrected chi connectivity index (χ0v) is 10.3. The van der Waals surface area contributed by atoms with Crippen molar-refractivity contribution in [2.75, 3.05) is 5.32 Å². The lowest BCUT2D eigenvalue weighted by Gasteiger charge is -2.12. The van der Waals surface area contributed by atoms with E-state index in [9.17, 15) is 9.59 Å². The molecule has 0 bridgehead atoms. The largest absolute Gasteiger partial charge is 0.453 e. The number of esters is 1. The van der Waals surface area contributed by atoms with Crippen LogP contribution >= 0.6 is 0 Å². The van der Waals surface area contributed by atoms with E-state index < -0.39 is 6.10 Å². The summed E-state index contributed by atoms with van der Waals surface area (Å²) in [5.74, 6) is -0.702. The first kappa shape index (κ1) is 13.2. The predicted octanol–water partition coefficient (Wildman–Crippen LogP) is 2.28. The van der Waals surface area contributed by atoms with Crippen LogP contribution in [-0.4, -0.2) is 18.0 Å². The summed E-state index contributed by atoms with van der Waals surface area (Å²) in [5.41, 5.74) is 1.81. The van der Waals surface area contributed by atoms with Crippen LogP contribution in [0.1, 0.15) is 25.8 Å². The Hall–Kier alpha value is -1.84. The van der Waals surface area contributed by atoms with Gasteiger partial charge in [-0.2, -0.15) is 0 Å². The van der Waals surface area contributed by atoms with Crippen LogP contribution in [0.3, 0.4) is 0 Å². The van der Waals surface area contributed by atoms with Crippen molar-refractivity contribution >= 4 is 17.6 Å². The summed E-state index contributed by atoms with van der Waals surface area (Å²) >= 11 is 0. The Morgan fingerprint density at radius 2 is 1.88 bits per heavy atom. The molecule has 0 radical (unpaired) electrons. The molecule has 0 spiro atoms. The number of ether oxygens (including phenoxy) is 1. The zero-order chi connectivity index (χ0) is 12.8. The normalized spacial score (nSPS) is 11.7. The molecule has 92 valence electrons. The van der Waals surface area contributed by atoms with E-state index in [0.29, 0.717) is 5.69 Å². The number of carbonyl (C=O) groups is 2. The lowest BCUT2D eigenvalue weighted by Crippen LogP contribution is -2.29. The molecule has 4 nitrogen and oxygen atoms in total. The standard InChI is InChI=1S/C13H17NO3/c1-4-12(15)17-10(3)13(16)14-11-7-5-9(2)6-8-11/h5-8,10H,4H2,1-3H3,(H,14,16)/t10-/m1/s1. The summed E-state index contributed by atoms with van der Waals surface area (Å²) in [6.45, 7) is 5.21. The number of amides is 1. The first-order valence-electron chi connectivity index (χ1n) is 5.60. The van der Waals surface area contributed by atoms with Gasteiger partial charge in [-0.15, -0.1) is 0 Å². The van der Waals surface area contributed by atoms with Crippen molar-refractivity contribution in [3.8, 4) is 0 Å². The van der Waals surface area contributed by atoms with Gasteiger partial charge < -0.3 is 10.1 Å². The number of anilines is 1. The number of hydrogen-bond acceptors (Lipinski definition) is 3. The molecule has 0 saturated heterocycles. The molecule has 0 unspecified atom stereocenters. The Bertz CT molecular complexity index is 398. The highest BCUT2D eigenvalue weighted by Crippen LogP contribution is 2.09. The summed E-state index contributed by atoms with van der Waals surface area (Å²) in [5, 5.41) is 2.68. The molecule has 1 aromatic carbocycles. The molecule has 0 aromatic heterocycles. The van der Waals surface area contributed by atoms with E-state index in [2.05, 4.69) is 5.32 Å². The van der Waals surface area contributed by atoms with E-state index in [1.165, 1.54) is 0 Å². The molecule has 0 heterocycles. The third-order valence-electron chi connectivity index (χ3n) is 2.29. The summed E-state index contributed by atoms with van der Waals surface area (Å²) in [6.07, 6.45) is -0.508. The number of carbonyl (C=O) groups excluding carboxylic acids is 2. The van der Waals surface area contributed by atoms with Gasteiger partial charge in [0.2, 0.25) is 0 Å². The van der Waals surface area contributed by atoms with E-state index >= 15 is 0 Å². The second-order valence-corrected chi connectivity index (χ2v) is 3.84. The number of nitrogens with one attached hydrogen (secondary N) is 1. The number of aryl methyl sites for hydroxylation is 1. The van der Waals surface area contributed by atoms with Gasteiger partial charge in [-0.25, -0.2) is 0 Å². The molecular formula is C13H17NO3. The summed E-state index contributed by atoms with van der Waals surface area (Å²) in [4.78, 5) is 22.7. The van der Waals surface area contributed by atoms with Crippen molar-refractivity contribution < 1.29 is 14.3 Å². The average molecular weight is 235 g/mol. The van der Waals surface area contributed by atoms with Crippen LogP contribution in [0.15, 0.2) is 24.3 Å². The number of hydrogen-bond donors (Lipinski definition) is 1. The van der Waals surface area contributed by atoms with Gasteiger partial charge in [0.25, 0.3) is 5.91 Å². The molecule has 1 N–H and O–H groups in total. The van der Waals surface area contributed by atoms with E-state index in [1.807, 2.05) is 31.2 Å². The van der Waals surface area contributed by atoms with Crippen LogP contribution < -0.4 is 5.32 Å². The van der Waals surface area contributed by atoms with Crippen molar-refractivity contribution in [3.63, 3.8) is 0 Å². The third kappa shape index (κ3) is 4.26. The highest BCUT2D eigenvalue weighted by atomic mass is 16.5. The van der Waals surface area contributed by atoms with E-state index in [4.69, 9.17) is 4.74 Å². The van der Waals surface area contributed by atoms with E-state index in [1.54, 1.807) is 13.8 Å². The minimum Gasteiger partial charge on any atom is -0.453 e. The molecule has 0 saturated carbocycles. The summed E-state index contributed by atoms with van der Waals surface area (Å²) in [6, 6.07) is 7.42. The monoisotopic (exact) mass is 235 g/mol. The van der Waals surface area contributed by atoms with E-state index in [0.717, 1.165) is 5.56 Å². The van der Waals surface area contributed by atoms with Crippen molar-refractivity contribution in [1.82, 2.24) is 0 Å². The number of rotatable bonds is 4. The molecule has 1 rings (SSSR count). The van der Waals surface area contributed by atoms with Crippen LogP contribution in [-0.2, 0) is 14.3 Å². The maximum Gasteiger partial charge on any atom is 0.306 e. The highest BCUT2D eigenvalue weighted by molar-refractivity contribution is 5.95. The molecule has 1 aromatic rings. The first-order chi connectivity index (χ1) is 8.02. The Kier molecular flexibility index (Phi) is 4.69.